The summed E-state index contributed by atoms with van der Waals surface area (Å²) in [5.74, 6) is 0.736. The number of hydrogen-bond donors (Lipinski definition) is 0. The molecule has 0 atom stereocenters. The normalized spacial score (nSPS) is 11.5. The largest absolute Gasteiger partial charge is 0.487 e. The van der Waals surface area contributed by atoms with Crippen molar-refractivity contribution in [2.75, 3.05) is 0 Å². The lowest BCUT2D eigenvalue weighted by atomic mass is 9.87. The SMILES string of the molecule is CC(C)(C)Cc1ccccc1.Cc1ccc(COc2ccc(C(C)(C)C)cc2Cl)cc1. The van der Waals surface area contributed by atoms with Gasteiger partial charge in [0.05, 0.1) is 5.02 Å². The van der Waals surface area contributed by atoms with Crippen LogP contribution in [0.1, 0.15) is 63.8 Å². The van der Waals surface area contributed by atoms with Gasteiger partial charge >= 0.3 is 0 Å². The standard InChI is InChI=1S/C18H21ClO.C11H16/c1-13-5-7-14(8-6-13)12-20-17-10-9-15(11-16(17)19)18(2,3)4;1-11(2,3)9-10-7-5-4-6-8-10/h5-11H,12H2,1-4H3;4-8H,9H2,1-3H3. The van der Waals surface area contributed by atoms with Crippen LogP contribution in [0.15, 0.2) is 72.8 Å². The zero-order valence-corrected chi connectivity index (χ0v) is 20.9. The highest BCUT2D eigenvalue weighted by atomic mass is 35.5. The quantitative estimate of drug-likeness (QED) is 0.397. The maximum atomic E-state index is 6.30. The molecule has 0 bridgehead atoms. The molecule has 0 aliphatic heterocycles. The van der Waals surface area contributed by atoms with Crippen molar-refractivity contribution < 1.29 is 4.74 Å². The Balaban J connectivity index is 0.000000262. The minimum absolute atomic E-state index is 0.0964. The molecule has 0 aliphatic rings. The molecule has 0 N–H and O–H groups in total. The first-order valence-corrected chi connectivity index (χ1v) is 11.3. The molecule has 0 aromatic heterocycles. The highest BCUT2D eigenvalue weighted by Crippen LogP contribution is 2.31. The Kier molecular flexibility index (Phi) is 8.77. The van der Waals surface area contributed by atoms with E-state index in [2.05, 4.69) is 109 Å². The molecular formula is C29H37ClO. The van der Waals surface area contributed by atoms with Crippen LogP contribution < -0.4 is 4.74 Å². The number of ether oxygens (including phenoxy) is 1. The maximum absolute atomic E-state index is 6.30. The van der Waals surface area contributed by atoms with E-state index in [1.807, 2.05) is 12.1 Å². The van der Waals surface area contributed by atoms with Crippen molar-refractivity contribution in [2.45, 2.75) is 66.9 Å². The molecule has 1 nitrogen and oxygen atoms in total. The molecule has 31 heavy (non-hydrogen) atoms. The number of hydrogen-bond acceptors (Lipinski definition) is 1. The average Bonchev–Trinajstić information content (AvgIpc) is 2.67. The lowest BCUT2D eigenvalue weighted by molar-refractivity contribution is 0.306. The first-order chi connectivity index (χ1) is 14.4. The van der Waals surface area contributed by atoms with Gasteiger partial charge in [0.1, 0.15) is 12.4 Å². The van der Waals surface area contributed by atoms with Crippen LogP contribution in [0.5, 0.6) is 5.75 Å². The molecular weight excluding hydrogens is 400 g/mol. The Morgan fingerprint density at radius 3 is 1.87 bits per heavy atom. The van der Waals surface area contributed by atoms with Crippen molar-refractivity contribution in [3.8, 4) is 5.75 Å². The minimum Gasteiger partial charge on any atom is -0.487 e. The summed E-state index contributed by atoms with van der Waals surface area (Å²) in [5, 5.41) is 0.671. The van der Waals surface area contributed by atoms with Crippen molar-refractivity contribution in [2.24, 2.45) is 5.41 Å². The van der Waals surface area contributed by atoms with Crippen molar-refractivity contribution in [1.29, 1.82) is 0 Å². The van der Waals surface area contributed by atoms with Gasteiger partial charge in [0.25, 0.3) is 0 Å². The van der Waals surface area contributed by atoms with Crippen molar-refractivity contribution in [3.05, 3.63) is 100 Å². The monoisotopic (exact) mass is 436 g/mol. The molecule has 3 rings (SSSR count). The van der Waals surface area contributed by atoms with Crippen molar-refractivity contribution >= 4 is 11.6 Å². The van der Waals surface area contributed by atoms with Crippen LogP contribution in [0.25, 0.3) is 0 Å². The van der Waals surface area contributed by atoms with Crippen LogP contribution in [0.2, 0.25) is 5.02 Å². The van der Waals surface area contributed by atoms with Gasteiger partial charge in [-0.3, -0.25) is 0 Å². The molecule has 0 unspecified atom stereocenters. The lowest BCUT2D eigenvalue weighted by Crippen LogP contribution is -2.10. The van der Waals surface area contributed by atoms with Crippen LogP contribution in [0.4, 0.5) is 0 Å². The average molecular weight is 437 g/mol. The number of rotatable bonds is 4. The highest BCUT2D eigenvalue weighted by Gasteiger charge is 2.15. The Morgan fingerprint density at radius 1 is 0.742 bits per heavy atom. The summed E-state index contributed by atoms with van der Waals surface area (Å²) in [6.45, 7) is 15.9. The third-order valence-electron chi connectivity index (χ3n) is 4.89. The molecule has 0 saturated carbocycles. The van der Waals surface area contributed by atoms with Crippen LogP contribution in [0.3, 0.4) is 0 Å². The van der Waals surface area contributed by atoms with E-state index in [0.29, 0.717) is 17.0 Å². The smallest absolute Gasteiger partial charge is 0.138 e. The van der Waals surface area contributed by atoms with Gasteiger partial charge in [0.15, 0.2) is 0 Å². The van der Waals surface area contributed by atoms with Gasteiger partial charge in [-0.15, -0.1) is 0 Å². The topological polar surface area (TPSA) is 9.23 Å². The molecule has 0 spiro atoms. The molecule has 0 aliphatic carbocycles. The molecule has 166 valence electrons. The maximum Gasteiger partial charge on any atom is 0.138 e. The van der Waals surface area contributed by atoms with Crippen molar-refractivity contribution in [3.63, 3.8) is 0 Å². The second-order valence-electron chi connectivity index (χ2n) is 10.4. The number of halogens is 1. The first kappa shape index (κ1) is 25.0. The number of aryl methyl sites for hydroxylation is 1. The van der Waals surface area contributed by atoms with E-state index in [0.717, 1.165) is 17.7 Å². The second-order valence-corrected chi connectivity index (χ2v) is 10.8. The van der Waals surface area contributed by atoms with Gasteiger partial charge in [-0.25, -0.2) is 0 Å². The third-order valence-corrected chi connectivity index (χ3v) is 5.19. The van der Waals surface area contributed by atoms with Gasteiger partial charge in [-0.05, 0) is 53.0 Å². The van der Waals surface area contributed by atoms with Crippen molar-refractivity contribution in [1.82, 2.24) is 0 Å². The lowest BCUT2D eigenvalue weighted by Gasteiger charge is -2.20. The fraction of sp³-hybridized carbons (Fsp3) is 0.379. The summed E-state index contributed by atoms with van der Waals surface area (Å²) in [5.41, 5.74) is 5.54. The summed E-state index contributed by atoms with van der Waals surface area (Å²) < 4.78 is 5.80. The molecule has 0 heterocycles. The van der Waals surface area contributed by atoms with Gasteiger partial charge < -0.3 is 4.74 Å². The molecule has 3 aromatic carbocycles. The van der Waals surface area contributed by atoms with Crippen LogP contribution in [-0.4, -0.2) is 0 Å². The first-order valence-electron chi connectivity index (χ1n) is 11.0. The van der Waals surface area contributed by atoms with Gasteiger partial charge in [-0.1, -0.05) is 119 Å². The predicted octanol–water partition coefficient (Wildman–Crippen LogP) is 8.80. The van der Waals surface area contributed by atoms with Crippen LogP contribution in [0, 0.1) is 12.3 Å². The van der Waals surface area contributed by atoms with E-state index in [-0.39, 0.29) is 5.41 Å². The molecule has 3 aromatic rings. The fourth-order valence-electron chi connectivity index (χ4n) is 3.14. The molecule has 0 radical (unpaired) electrons. The molecule has 0 fully saturated rings. The van der Waals surface area contributed by atoms with E-state index in [4.69, 9.17) is 16.3 Å². The van der Waals surface area contributed by atoms with E-state index in [1.54, 1.807) is 0 Å². The Hall–Kier alpha value is -2.25. The summed E-state index contributed by atoms with van der Waals surface area (Å²) in [6, 6.07) is 25.0. The Labute approximate surface area is 194 Å². The minimum atomic E-state index is 0.0964. The van der Waals surface area contributed by atoms with E-state index >= 15 is 0 Å². The van der Waals surface area contributed by atoms with E-state index < -0.39 is 0 Å². The van der Waals surface area contributed by atoms with Gasteiger partial charge in [-0.2, -0.15) is 0 Å². The Morgan fingerprint density at radius 2 is 1.35 bits per heavy atom. The fourth-order valence-corrected chi connectivity index (χ4v) is 3.37. The summed E-state index contributed by atoms with van der Waals surface area (Å²) >= 11 is 6.30. The van der Waals surface area contributed by atoms with Gasteiger partial charge in [0.2, 0.25) is 0 Å². The Bertz CT molecular complexity index is 929. The highest BCUT2D eigenvalue weighted by molar-refractivity contribution is 6.32. The summed E-state index contributed by atoms with van der Waals surface area (Å²) in [4.78, 5) is 0. The van der Waals surface area contributed by atoms with Crippen LogP contribution in [-0.2, 0) is 18.4 Å². The van der Waals surface area contributed by atoms with Crippen LogP contribution >= 0.6 is 11.6 Å². The second kappa shape index (κ2) is 10.9. The van der Waals surface area contributed by atoms with Gasteiger partial charge in [0, 0.05) is 0 Å². The predicted molar refractivity (Wildman–Crippen MR) is 135 cm³/mol. The zero-order valence-electron chi connectivity index (χ0n) is 20.1. The molecule has 0 saturated heterocycles. The molecule has 0 amide bonds. The third kappa shape index (κ3) is 9.19. The summed E-state index contributed by atoms with van der Waals surface area (Å²) in [6.07, 6.45) is 1.16. The number of benzene rings is 3. The van der Waals surface area contributed by atoms with E-state index in [1.165, 1.54) is 16.7 Å². The zero-order chi connectivity index (χ0) is 23.1. The van der Waals surface area contributed by atoms with E-state index in [9.17, 15) is 0 Å². The summed E-state index contributed by atoms with van der Waals surface area (Å²) in [7, 11) is 0. The molecule has 2 heteroatoms.